The van der Waals surface area contributed by atoms with Crippen LogP contribution in [0.15, 0.2) is 0 Å². The highest BCUT2D eigenvalue weighted by Gasteiger charge is 1.95. The molecule has 0 atom stereocenters. The Morgan fingerprint density at radius 2 is 1.64 bits per heavy atom. The normalized spacial score (nSPS) is 8.82. The van der Waals surface area contributed by atoms with Gasteiger partial charge in [-0.25, -0.2) is 4.98 Å². The van der Waals surface area contributed by atoms with Gasteiger partial charge in [-0.2, -0.15) is 0 Å². The molecular weight excluding hydrogens is 154 g/mol. The highest BCUT2D eigenvalue weighted by atomic mass is 32.1. The van der Waals surface area contributed by atoms with E-state index >= 15 is 0 Å². The Labute approximate surface area is 73.5 Å². The van der Waals surface area contributed by atoms with Gasteiger partial charge in [0.25, 0.3) is 0 Å². The zero-order valence-electron chi connectivity index (χ0n) is 8.06. The number of hydrogen-bond donors (Lipinski definition) is 0. The number of nitrogens with zero attached hydrogens (tertiary/aromatic N) is 1. The fourth-order valence-electron chi connectivity index (χ4n) is 0.633. The van der Waals surface area contributed by atoms with Crippen LogP contribution in [-0.2, 0) is 0 Å². The lowest BCUT2D eigenvalue weighted by Crippen LogP contribution is -1.71. The van der Waals surface area contributed by atoms with Crippen molar-refractivity contribution in [2.24, 2.45) is 0 Å². The minimum Gasteiger partial charge on any atom is -0.247 e. The van der Waals surface area contributed by atoms with Crippen molar-refractivity contribution in [3.05, 3.63) is 15.6 Å². The summed E-state index contributed by atoms with van der Waals surface area (Å²) in [5.41, 5.74) is 1.17. The van der Waals surface area contributed by atoms with Gasteiger partial charge in [0.2, 0.25) is 0 Å². The Morgan fingerprint density at radius 3 is 1.73 bits per heavy atom. The topological polar surface area (TPSA) is 12.9 Å². The van der Waals surface area contributed by atoms with Gasteiger partial charge in [-0.15, -0.1) is 11.3 Å². The molecule has 0 fully saturated rings. The smallest absolute Gasteiger partial charge is 0.0899 e. The number of thiazole rings is 1. The highest BCUT2D eigenvalue weighted by Crippen LogP contribution is 2.14. The van der Waals surface area contributed by atoms with Crippen LogP contribution in [0.1, 0.15) is 35.8 Å². The third-order valence-electron chi connectivity index (χ3n) is 1.14. The first-order chi connectivity index (χ1) is 5.11. The van der Waals surface area contributed by atoms with Crippen LogP contribution in [0.5, 0.6) is 0 Å². The molecule has 0 spiro atoms. The quantitative estimate of drug-likeness (QED) is 0.582. The van der Waals surface area contributed by atoms with Crippen LogP contribution in [-0.4, -0.2) is 4.98 Å². The van der Waals surface area contributed by atoms with Crippen LogP contribution >= 0.6 is 11.3 Å². The minimum atomic E-state index is 1.17. The average molecular weight is 171 g/mol. The number of rotatable bonds is 0. The van der Waals surface area contributed by atoms with Crippen molar-refractivity contribution in [3.8, 4) is 0 Å². The Kier molecular flexibility index (Phi) is 5.12. The van der Waals surface area contributed by atoms with E-state index in [1.165, 1.54) is 22.0 Å². The summed E-state index contributed by atoms with van der Waals surface area (Å²) in [5.74, 6) is 0. The third kappa shape index (κ3) is 4.14. The van der Waals surface area contributed by atoms with Crippen molar-refractivity contribution in [3.63, 3.8) is 0 Å². The Hall–Kier alpha value is -0.370. The molecule has 11 heavy (non-hydrogen) atoms. The molecule has 0 radical (unpaired) electrons. The molecule has 0 amide bonds. The van der Waals surface area contributed by atoms with Gasteiger partial charge in [0.15, 0.2) is 0 Å². The molecule has 0 bridgehead atoms. The SMILES string of the molecule is CCC.Cc1nc(C)c(C)s1. The predicted molar refractivity (Wildman–Crippen MR) is 52.3 cm³/mol. The molecule has 0 aromatic carbocycles. The van der Waals surface area contributed by atoms with Gasteiger partial charge >= 0.3 is 0 Å². The summed E-state index contributed by atoms with van der Waals surface area (Å²) >= 11 is 1.76. The molecule has 1 rings (SSSR count). The molecule has 0 aliphatic carbocycles. The lowest BCUT2D eigenvalue weighted by atomic mass is 10.4. The van der Waals surface area contributed by atoms with Crippen LogP contribution in [0.4, 0.5) is 0 Å². The van der Waals surface area contributed by atoms with E-state index in [4.69, 9.17) is 0 Å². The molecule has 1 nitrogen and oxygen atoms in total. The minimum absolute atomic E-state index is 1.17. The largest absolute Gasteiger partial charge is 0.247 e. The van der Waals surface area contributed by atoms with E-state index in [0.717, 1.165) is 0 Å². The summed E-state index contributed by atoms with van der Waals surface area (Å²) in [4.78, 5) is 5.56. The number of aromatic nitrogens is 1. The third-order valence-corrected chi connectivity index (χ3v) is 2.12. The second kappa shape index (κ2) is 5.30. The van der Waals surface area contributed by atoms with Gasteiger partial charge in [-0.05, 0) is 20.8 Å². The maximum atomic E-state index is 4.23. The standard InChI is InChI=1S/C6H9NS.C3H8/c1-4-5(2)8-6(3)7-4;1-3-2/h1-3H3;3H2,1-2H3. The Bertz CT molecular complexity index is 184. The Balaban J connectivity index is 0.000000292. The molecule has 64 valence electrons. The first kappa shape index (κ1) is 10.6. The molecule has 1 aromatic rings. The second-order valence-corrected chi connectivity index (χ2v) is 3.99. The monoisotopic (exact) mass is 171 g/mol. The van der Waals surface area contributed by atoms with Crippen molar-refractivity contribution in [1.82, 2.24) is 4.98 Å². The van der Waals surface area contributed by atoms with E-state index in [9.17, 15) is 0 Å². The van der Waals surface area contributed by atoms with Gasteiger partial charge in [0, 0.05) is 4.88 Å². The second-order valence-electron chi connectivity index (χ2n) is 2.58. The molecular formula is C9H17NS. The lowest BCUT2D eigenvalue weighted by Gasteiger charge is -1.77. The van der Waals surface area contributed by atoms with Crippen LogP contribution < -0.4 is 0 Å². The molecule has 0 N–H and O–H groups in total. The van der Waals surface area contributed by atoms with Crippen LogP contribution in [0, 0.1) is 20.8 Å². The summed E-state index contributed by atoms with van der Waals surface area (Å²) in [7, 11) is 0. The first-order valence-corrected chi connectivity index (χ1v) is 4.84. The lowest BCUT2D eigenvalue weighted by molar-refractivity contribution is 1.09. The van der Waals surface area contributed by atoms with E-state index < -0.39 is 0 Å². The van der Waals surface area contributed by atoms with Gasteiger partial charge < -0.3 is 0 Å². The van der Waals surface area contributed by atoms with Crippen LogP contribution in [0.3, 0.4) is 0 Å². The summed E-state index contributed by atoms with van der Waals surface area (Å²) in [5, 5.41) is 1.17. The van der Waals surface area contributed by atoms with Crippen LogP contribution in [0.25, 0.3) is 0 Å². The summed E-state index contributed by atoms with van der Waals surface area (Å²) in [6.45, 7) is 10.4. The van der Waals surface area contributed by atoms with E-state index in [1.807, 2.05) is 13.8 Å². The fraction of sp³-hybridized carbons (Fsp3) is 0.667. The van der Waals surface area contributed by atoms with Gasteiger partial charge in [0.05, 0.1) is 10.7 Å². The molecule has 0 saturated carbocycles. The number of hydrogen-bond acceptors (Lipinski definition) is 2. The predicted octanol–water partition coefficient (Wildman–Crippen LogP) is 3.48. The first-order valence-electron chi connectivity index (χ1n) is 4.02. The summed E-state index contributed by atoms with van der Waals surface area (Å²) in [6, 6.07) is 0. The zero-order valence-corrected chi connectivity index (χ0v) is 8.88. The molecule has 1 heterocycles. The molecule has 0 unspecified atom stereocenters. The summed E-state index contributed by atoms with van der Waals surface area (Å²) < 4.78 is 0. The van der Waals surface area contributed by atoms with Crippen LogP contribution in [0.2, 0.25) is 0 Å². The highest BCUT2D eigenvalue weighted by molar-refractivity contribution is 7.11. The number of aryl methyl sites for hydroxylation is 3. The van der Waals surface area contributed by atoms with Crippen molar-refractivity contribution in [2.75, 3.05) is 0 Å². The van der Waals surface area contributed by atoms with Crippen molar-refractivity contribution < 1.29 is 0 Å². The molecule has 0 aliphatic heterocycles. The zero-order chi connectivity index (χ0) is 8.85. The van der Waals surface area contributed by atoms with Gasteiger partial charge in [0.1, 0.15) is 0 Å². The maximum absolute atomic E-state index is 4.23. The molecule has 1 aromatic heterocycles. The van der Waals surface area contributed by atoms with Gasteiger partial charge in [-0.3, -0.25) is 0 Å². The van der Waals surface area contributed by atoms with Crippen molar-refractivity contribution in [2.45, 2.75) is 41.0 Å². The average Bonchev–Trinajstić information content (AvgIpc) is 2.12. The maximum Gasteiger partial charge on any atom is 0.0899 e. The van der Waals surface area contributed by atoms with E-state index in [0.29, 0.717) is 0 Å². The van der Waals surface area contributed by atoms with E-state index in [-0.39, 0.29) is 0 Å². The van der Waals surface area contributed by atoms with E-state index in [2.05, 4.69) is 25.8 Å². The van der Waals surface area contributed by atoms with Crippen molar-refractivity contribution >= 4 is 11.3 Å². The van der Waals surface area contributed by atoms with Gasteiger partial charge in [-0.1, -0.05) is 20.3 Å². The fourth-order valence-corrected chi connectivity index (χ4v) is 1.45. The molecule has 2 heteroatoms. The van der Waals surface area contributed by atoms with E-state index in [1.54, 1.807) is 11.3 Å². The van der Waals surface area contributed by atoms with Crippen molar-refractivity contribution in [1.29, 1.82) is 0 Å². The summed E-state index contributed by atoms with van der Waals surface area (Å²) in [6.07, 6.45) is 1.25. The molecule has 0 saturated heterocycles. The Morgan fingerprint density at radius 1 is 1.18 bits per heavy atom. The molecule has 0 aliphatic rings.